The first-order chi connectivity index (χ1) is 15.0. The van der Waals surface area contributed by atoms with E-state index in [1.54, 1.807) is 0 Å². The smallest absolute Gasteiger partial charge is 0.293 e. The fourth-order valence-electron chi connectivity index (χ4n) is 3.95. The predicted molar refractivity (Wildman–Crippen MR) is 129 cm³/mol. The second-order valence-corrected chi connectivity index (χ2v) is 9.06. The molecule has 31 heavy (non-hydrogen) atoms. The first kappa shape index (κ1) is 21.7. The molecule has 2 amide bonds. The number of amides is 2. The first-order valence-corrected chi connectivity index (χ1v) is 11.8. The number of rotatable bonds is 7. The summed E-state index contributed by atoms with van der Waals surface area (Å²) in [5, 5.41) is 1.63. The zero-order valence-corrected chi connectivity index (χ0v) is 19.3. The molecule has 2 heterocycles. The number of benzene rings is 2. The third kappa shape index (κ3) is 4.30. The van der Waals surface area contributed by atoms with Gasteiger partial charge in [-0.2, -0.15) is 0 Å². The number of para-hydroxylation sites is 1. The van der Waals surface area contributed by atoms with Crippen LogP contribution in [0.3, 0.4) is 0 Å². The molecule has 0 aliphatic carbocycles. The molecule has 6 heteroatoms. The van der Waals surface area contributed by atoms with Gasteiger partial charge in [0.05, 0.1) is 10.4 Å². The van der Waals surface area contributed by atoms with Gasteiger partial charge in [-0.25, -0.2) is 0 Å². The fraction of sp³-hybridized carbons (Fsp3) is 0.280. The summed E-state index contributed by atoms with van der Waals surface area (Å²) >= 11 is 7.45. The number of unbranched alkanes of at least 4 members (excludes halogenated alkanes) is 1. The van der Waals surface area contributed by atoms with E-state index >= 15 is 0 Å². The molecule has 1 saturated heterocycles. The summed E-state index contributed by atoms with van der Waals surface area (Å²) in [4.78, 5) is 27.0. The van der Waals surface area contributed by atoms with Crippen LogP contribution >= 0.6 is 23.4 Å². The summed E-state index contributed by atoms with van der Waals surface area (Å²) < 4.78 is 2.20. The van der Waals surface area contributed by atoms with Crippen LogP contribution in [0.15, 0.2) is 53.6 Å². The van der Waals surface area contributed by atoms with E-state index in [1.165, 1.54) is 10.5 Å². The molecule has 4 nitrogen and oxygen atoms in total. The predicted octanol–water partition coefficient (Wildman–Crippen LogP) is 6.74. The SMILES string of the molecule is CCCCN1C(=O)S/C(=C\c2cn(Cc3ccccc3Cl)c3c(CC)cccc23)C1=O. The lowest BCUT2D eigenvalue weighted by molar-refractivity contribution is -0.122. The van der Waals surface area contributed by atoms with Gasteiger partial charge in [0.1, 0.15) is 0 Å². The van der Waals surface area contributed by atoms with Crippen molar-refractivity contribution in [1.82, 2.24) is 9.47 Å². The highest BCUT2D eigenvalue weighted by Gasteiger charge is 2.34. The number of aryl methyl sites for hydroxylation is 1. The number of thioether (sulfide) groups is 1. The zero-order chi connectivity index (χ0) is 22.0. The highest BCUT2D eigenvalue weighted by Crippen LogP contribution is 2.35. The van der Waals surface area contributed by atoms with Gasteiger partial charge in [0.15, 0.2) is 0 Å². The van der Waals surface area contributed by atoms with E-state index in [4.69, 9.17) is 11.6 Å². The maximum absolute atomic E-state index is 12.8. The van der Waals surface area contributed by atoms with Gasteiger partial charge in [-0.3, -0.25) is 14.5 Å². The normalized spacial score (nSPS) is 15.6. The molecule has 4 rings (SSSR count). The number of carbonyl (C=O) groups is 2. The van der Waals surface area contributed by atoms with Crippen molar-refractivity contribution >= 4 is 51.5 Å². The number of carbonyl (C=O) groups excluding carboxylic acids is 2. The molecule has 0 unspecified atom stereocenters. The molecular formula is C25H25ClN2O2S. The number of nitrogens with zero attached hydrogens (tertiary/aromatic N) is 2. The average molecular weight is 453 g/mol. The highest BCUT2D eigenvalue weighted by atomic mass is 35.5. The quantitative estimate of drug-likeness (QED) is 0.372. The van der Waals surface area contributed by atoms with Gasteiger partial charge in [-0.1, -0.05) is 68.3 Å². The van der Waals surface area contributed by atoms with E-state index in [9.17, 15) is 9.59 Å². The van der Waals surface area contributed by atoms with E-state index in [0.29, 0.717) is 18.0 Å². The van der Waals surface area contributed by atoms with E-state index in [2.05, 4.69) is 29.8 Å². The second kappa shape index (κ2) is 9.33. The maximum atomic E-state index is 12.8. The maximum Gasteiger partial charge on any atom is 0.293 e. The molecular weight excluding hydrogens is 428 g/mol. The van der Waals surface area contributed by atoms with Crippen molar-refractivity contribution in [3.05, 3.63) is 75.3 Å². The summed E-state index contributed by atoms with van der Waals surface area (Å²) in [6.07, 6.45) is 6.59. The van der Waals surface area contributed by atoms with Crippen LogP contribution in [0.4, 0.5) is 4.79 Å². The minimum Gasteiger partial charge on any atom is -0.342 e. The first-order valence-electron chi connectivity index (χ1n) is 10.6. The van der Waals surface area contributed by atoms with Gasteiger partial charge < -0.3 is 4.57 Å². The van der Waals surface area contributed by atoms with Gasteiger partial charge >= 0.3 is 0 Å². The number of halogens is 1. The Labute approximate surface area is 191 Å². The van der Waals surface area contributed by atoms with E-state index in [1.807, 2.05) is 43.3 Å². The van der Waals surface area contributed by atoms with E-state index in [0.717, 1.165) is 58.1 Å². The molecule has 0 saturated carbocycles. The van der Waals surface area contributed by atoms with Crippen LogP contribution < -0.4 is 0 Å². The van der Waals surface area contributed by atoms with Crippen molar-refractivity contribution in [2.24, 2.45) is 0 Å². The molecule has 1 aliphatic heterocycles. The molecule has 1 fully saturated rings. The lowest BCUT2D eigenvalue weighted by Gasteiger charge is -2.10. The second-order valence-electron chi connectivity index (χ2n) is 7.66. The van der Waals surface area contributed by atoms with E-state index < -0.39 is 0 Å². The Kier molecular flexibility index (Phi) is 6.54. The number of hydrogen-bond acceptors (Lipinski definition) is 3. The molecule has 0 spiro atoms. The van der Waals surface area contributed by atoms with Gasteiger partial charge in [-0.15, -0.1) is 0 Å². The van der Waals surface area contributed by atoms with Crippen molar-refractivity contribution < 1.29 is 9.59 Å². The molecule has 0 radical (unpaired) electrons. The van der Waals surface area contributed by atoms with Gasteiger partial charge in [0, 0.05) is 35.3 Å². The third-order valence-corrected chi connectivity index (χ3v) is 6.86. The largest absolute Gasteiger partial charge is 0.342 e. The molecule has 0 atom stereocenters. The Balaban J connectivity index is 1.77. The Morgan fingerprint density at radius 3 is 2.55 bits per heavy atom. The van der Waals surface area contributed by atoms with Crippen LogP contribution in [0.25, 0.3) is 17.0 Å². The van der Waals surface area contributed by atoms with Crippen LogP contribution in [-0.4, -0.2) is 27.2 Å². The molecule has 2 aromatic carbocycles. The topological polar surface area (TPSA) is 42.3 Å². The molecule has 0 bridgehead atoms. The number of hydrogen-bond donors (Lipinski definition) is 0. The molecule has 0 N–H and O–H groups in total. The molecule has 1 aromatic heterocycles. The molecule has 160 valence electrons. The van der Waals surface area contributed by atoms with Crippen molar-refractivity contribution in [3.8, 4) is 0 Å². The van der Waals surface area contributed by atoms with E-state index in [-0.39, 0.29) is 11.1 Å². The molecule has 3 aromatic rings. The van der Waals surface area contributed by atoms with Crippen molar-refractivity contribution in [1.29, 1.82) is 0 Å². The Hall–Kier alpha value is -2.50. The fourth-order valence-corrected chi connectivity index (χ4v) is 5.00. The van der Waals surface area contributed by atoms with Crippen LogP contribution in [-0.2, 0) is 17.8 Å². The van der Waals surface area contributed by atoms with Gasteiger partial charge in [-0.05, 0) is 47.9 Å². The van der Waals surface area contributed by atoms with Crippen molar-refractivity contribution in [2.45, 2.75) is 39.7 Å². The highest BCUT2D eigenvalue weighted by molar-refractivity contribution is 8.18. The minimum atomic E-state index is -0.193. The van der Waals surface area contributed by atoms with Crippen LogP contribution in [0.1, 0.15) is 43.4 Å². The molecule has 1 aliphatic rings. The summed E-state index contributed by atoms with van der Waals surface area (Å²) in [5.41, 5.74) is 4.36. The van der Waals surface area contributed by atoms with Crippen LogP contribution in [0, 0.1) is 0 Å². The minimum absolute atomic E-state index is 0.182. The zero-order valence-electron chi connectivity index (χ0n) is 17.7. The van der Waals surface area contributed by atoms with Gasteiger partial charge in [0.25, 0.3) is 11.1 Å². The summed E-state index contributed by atoms with van der Waals surface area (Å²) in [6.45, 7) is 5.31. The van der Waals surface area contributed by atoms with Gasteiger partial charge in [0.2, 0.25) is 0 Å². The Morgan fingerprint density at radius 1 is 1.03 bits per heavy atom. The standard InChI is InChI=1S/C25H25ClN2O2S/c1-3-5-13-28-24(29)22(31-25(28)30)14-19-16-27(15-18-9-6-7-12-21(18)26)23-17(4-2)10-8-11-20(19)23/h6-12,14,16H,3-5,13,15H2,1-2H3/b22-14-. The third-order valence-electron chi connectivity index (χ3n) is 5.59. The lowest BCUT2D eigenvalue weighted by atomic mass is 10.1. The number of fused-ring (bicyclic) bond motifs is 1. The summed E-state index contributed by atoms with van der Waals surface area (Å²) in [6, 6.07) is 14.1. The van der Waals surface area contributed by atoms with Crippen LogP contribution in [0.2, 0.25) is 5.02 Å². The van der Waals surface area contributed by atoms with Crippen LogP contribution in [0.5, 0.6) is 0 Å². The average Bonchev–Trinajstić information content (AvgIpc) is 3.25. The monoisotopic (exact) mass is 452 g/mol. The van der Waals surface area contributed by atoms with Crippen molar-refractivity contribution in [2.75, 3.05) is 6.54 Å². The van der Waals surface area contributed by atoms with Crippen molar-refractivity contribution in [3.63, 3.8) is 0 Å². The summed E-state index contributed by atoms with van der Waals surface area (Å²) in [5.74, 6) is -0.193. The number of imide groups is 1. The number of aromatic nitrogens is 1. The summed E-state index contributed by atoms with van der Waals surface area (Å²) in [7, 11) is 0. The Bertz CT molecular complexity index is 1180. The Morgan fingerprint density at radius 2 is 1.81 bits per heavy atom. The lowest BCUT2D eigenvalue weighted by Crippen LogP contribution is -2.29.